The van der Waals surface area contributed by atoms with Gasteiger partial charge in [-0.25, -0.2) is 18.7 Å². The van der Waals surface area contributed by atoms with E-state index in [-0.39, 0.29) is 5.54 Å². The number of carbonyl (C=O) groups excluding carboxylic acids is 1. The van der Waals surface area contributed by atoms with Crippen molar-refractivity contribution in [1.82, 2.24) is 39.9 Å². The molecule has 1 amide bonds. The Balaban J connectivity index is 1.18. The van der Waals surface area contributed by atoms with Gasteiger partial charge >= 0.3 is 6.09 Å². The van der Waals surface area contributed by atoms with E-state index in [1.807, 2.05) is 32.4 Å². The molecular formula is C23H26FN9O2. The largest absolute Gasteiger partial charge is 0.443 e. The molecule has 0 aliphatic heterocycles. The number of aromatic amines is 1. The molecule has 3 atom stereocenters. The number of nitrogens with one attached hydrogen (secondary N) is 3. The number of nitrogens with zero attached hydrogens (tertiary/aromatic N) is 6. The molecule has 2 fully saturated rings. The molecule has 12 heteroatoms. The average Bonchev–Trinajstić information content (AvgIpc) is 3.34. The van der Waals surface area contributed by atoms with E-state index in [4.69, 9.17) is 9.72 Å². The number of hydrogen-bond donors (Lipinski definition) is 3. The zero-order valence-electron chi connectivity index (χ0n) is 19.4. The maximum atomic E-state index is 15.2. The SMILES string of the molecule is Cn1cc(-c2cn3nccc3c(Nc3cc([C@H]4CC[C@@H](OC(=O)NC5(C)CC5)[C@H]4F)[nH]n3)n2)cn1. The second-order valence-electron chi connectivity index (χ2n) is 9.63. The third-order valence-electron chi connectivity index (χ3n) is 6.80. The number of halogens is 1. The number of H-pyrrole nitrogens is 1. The molecule has 6 rings (SSSR count). The van der Waals surface area contributed by atoms with E-state index in [0.29, 0.717) is 35.9 Å². The molecule has 0 bridgehead atoms. The fourth-order valence-electron chi connectivity index (χ4n) is 4.52. The van der Waals surface area contributed by atoms with Crippen LogP contribution in [0, 0.1) is 0 Å². The first-order chi connectivity index (χ1) is 16.9. The highest BCUT2D eigenvalue weighted by Gasteiger charge is 2.43. The van der Waals surface area contributed by atoms with Gasteiger partial charge in [0.1, 0.15) is 17.8 Å². The molecule has 11 nitrogen and oxygen atoms in total. The number of ether oxygens (including phenoxy) is 1. The highest BCUT2D eigenvalue weighted by atomic mass is 19.1. The van der Waals surface area contributed by atoms with Crippen LogP contribution in [-0.4, -0.2) is 58.5 Å². The quantitative estimate of drug-likeness (QED) is 0.386. The Bertz CT molecular complexity index is 1390. The van der Waals surface area contributed by atoms with Crippen LogP contribution < -0.4 is 10.6 Å². The monoisotopic (exact) mass is 479 g/mol. The number of anilines is 2. The van der Waals surface area contributed by atoms with Gasteiger partial charge in [-0.05, 0) is 38.7 Å². The number of fused-ring (bicyclic) bond motifs is 1. The predicted octanol–water partition coefficient (Wildman–Crippen LogP) is 3.46. The standard InChI is InChI=1S/C23H26FN9O2/c1-23(6-7-23)29-22(34)35-18-4-3-14(20(18)24)15-9-19(31-30-15)28-21-17-5-8-25-33(17)12-16(27-21)13-10-26-32(2)11-13/h5,8-12,14,18,20H,3-4,6-7H2,1-2H3,(H,29,34)(H2,27,28,30,31)/t14-,18-,20+/m1/s1. The molecule has 4 aromatic rings. The van der Waals surface area contributed by atoms with Gasteiger partial charge in [-0.15, -0.1) is 0 Å². The Morgan fingerprint density at radius 1 is 1.29 bits per heavy atom. The van der Waals surface area contributed by atoms with E-state index in [2.05, 4.69) is 31.0 Å². The summed E-state index contributed by atoms with van der Waals surface area (Å²) >= 11 is 0. The van der Waals surface area contributed by atoms with Gasteiger partial charge in [0.2, 0.25) is 0 Å². The first-order valence-corrected chi connectivity index (χ1v) is 11.7. The van der Waals surface area contributed by atoms with Crippen molar-refractivity contribution in [2.24, 2.45) is 7.05 Å². The molecule has 0 saturated heterocycles. The first kappa shape index (κ1) is 21.6. The van der Waals surface area contributed by atoms with Crippen molar-refractivity contribution < 1.29 is 13.9 Å². The summed E-state index contributed by atoms with van der Waals surface area (Å²) in [6, 6.07) is 3.62. The normalized spacial score (nSPS) is 22.9. The van der Waals surface area contributed by atoms with Crippen molar-refractivity contribution in [3.63, 3.8) is 0 Å². The van der Waals surface area contributed by atoms with Crippen LogP contribution in [0.15, 0.2) is 36.9 Å². The van der Waals surface area contributed by atoms with Crippen LogP contribution in [0.2, 0.25) is 0 Å². The minimum atomic E-state index is -1.31. The van der Waals surface area contributed by atoms with Gasteiger partial charge in [-0.1, -0.05) is 0 Å². The topological polar surface area (TPSA) is 127 Å². The number of aromatic nitrogens is 7. The molecule has 0 radical (unpaired) electrons. The zero-order chi connectivity index (χ0) is 24.2. The lowest BCUT2D eigenvalue weighted by Gasteiger charge is -2.19. The smallest absolute Gasteiger partial charge is 0.407 e. The van der Waals surface area contributed by atoms with E-state index in [1.54, 1.807) is 27.7 Å². The van der Waals surface area contributed by atoms with E-state index < -0.39 is 24.3 Å². The number of alkyl halides is 1. The predicted molar refractivity (Wildman–Crippen MR) is 125 cm³/mol. The summed E-state index contributed by atoms with van der Waals surface area (Å²) in [4.78, 5) is 16.9. The van der Waals surface area contributed by atoms with Gasteiger partial charge in [0, 0.05) is 42.0 Å². The van der Waals surface area contributed by atoms with Crippen LogP contribution in [-0.2, 0) is 11.8 Å². The summed E-state index contributed by atoms with van der Waals surface area (Å²) < 4.78 is 24.0. The summed E-state index contributed by atoms with van der Waals surface area (Å²) in [7, 11) is 1.84. The highest BCUT2D eigenvalue weighted by molar-refractivity contribution is 5.75. The first-order valence-electron chi connectivity index (χ1n) is 11.7. The molecule has 0 aromatic carbocycles. The van der Waals surface area contributed by atoms with Gasteiger partial charge in [0.25, 0.3) is 0 Å². The average molecular weight is 480 g/mol. The molecule has 2 saturated carbocycles. The van der Waals surface area contributed by atoms with E-state index >= 15 is 4.39 Å². The second kappa shape index (κ2) is 8.07. The van der Waals surface area contributed by atoms with Crippen LogP contribution in [0.4, 0.5) is 20.8 Å². The molecule has 182 valence electrons. The van der Waals surface area contributed by atoms with E-state index in [1.165, 1.54) is 0 Å². The molecular weight excluding hydrogens is 453 g/mol. The molecule has 35 heavy (non-hydrogen) atoms. The number of alkyl carbamates (subject to hydrolysis) is 1. The van der Waals surface area contributed by atoms with Crippen molar-refractivity contribution in [1.29, 1.82) is 0 Å². The Morgan fingerprint density at radius 3 is 2.91 bits per heavy atom. The number of aryl methyl sites for hydroxylation is 1. The highest BCUT2D eigenvalue weighted by Crippen LogP contribution is 2.39. The molecule has 0 spiro atoms. The Morgan fingerprint density at radius 2 is 2.14 bits per heavy atom. The molecule has 4 heterocycles. The number of rotatable bonds is 6. The van der Waals surface area contributed by atoms with Gasteiger partial charge < -0.3 is 15.4 Å². The summed E-state index contributed by atoms with van der Waals surface area (Å²) in [6.07, 6.45) is 7.36. The minimum Gasteiger partial charge on any atom is -0.443 e. The minimum absolute atomic E-state index is 0.200. The number of carbonyl (C=O) groups is 1. The summed E-state index contributed by atoms with van der Waals surface area (Å²) in [5.74, 6) is 0.642. The fourth-order valence-corrected chi connectivity index (χ4v) is 4.52. The third kappa shape index (κ3) is 4.19. The zero-order valence-corrected chi connectivity index (χ0v) is 19.4. The lowest BCUT2D eigenvalue weighted by atomic mass is 10.0. The molecule has 2 aliphatic rings. The van der Waals surface area contributed by atoms with Gasteiger partial charge in [0.15, 0.2) is 11.6 Å². The molecule has 0 unspecified atom stereocenters. The van der Waals surface area contributed by atoms with Crippen LogP contribution in [0.5, 0.6) is 0 Å². The number of hydrogen-bond acceptors (Lipinski definition) is 7. The second-order valence-corrected chi connectivity index (χ2v) is 9.63. The van der Waals surface area contributed by atoms with Crippen LogP contribution in [0.25, 0.3) is 16.8 Å². The van der Waals surface area contributed by atoms with Gasteiger partial charge in [-0.3, -0.25) is 9.78 Å². The lowest BCUT2D eigenvalue weighted by molar-refractivity contribution is 0.0546. The molecule has 4 aromatic heterocycles. The van der Waals surface area contributed by atoms with Gasteiger partial charge in [-0.2, -0.15) is 15.3 Å². The Kier molecular flexibility index (Phi) is 4.97. The third-order valence-corrected chi connectivity index (χ3v) is 6.80. The van der Waals surface area contributed by atoms with Crippen LogP contribution in [0.1, 0.15) is 44.2 Å². The molecule has 2 aliphatic carbocycles. The van der Waals surface area contributed by atoms with E-state index in [9.17, 15) is 4.79 Å². The van der Waals surface area contributed by atoms with E-state index in [0.717, 1.165) is 23.9 Å². The Labute approximate surface area is 200 Å². The van der Waals surface area contributed by atoms with Crippen LogP contribution in [0.3, 0.4) is 0 Å². The summed E-state index contributed by atoms with van der Waals surface area (Å²) in [5.41, 5.74) is 2.77. The van der Waals surface area contributed by atoms with Gasteiger partial charge in [0.05, 0.1) is 24.3 Å². The maximum absolute atomic E-state index is 15.2. The van der Waals surface area contributed by atoms with Crippen molar-refractivity contribution in [3.05, 3.63) is 42.6 Å². The molecule has 3 N–H and O–H groups in total. The maximum Gasteiger partial charge on any atom is 0.407 e. The number of amides is 1. The summed E-state index contributed by atoms with van der Waals surface area (Å²) in [5, 5.41) is 21.9. The van der Waals surface area contributed by atoms with Crippen molar-refractivity contribution in [2.45, 2.75) is 56.3 Å². The van der Waals surface area contributed by atoms with Crippen LogP contribution >= 0.6 is 0 Å². The lowest BCUT2D eigenvalue weighted by Crippen LogP contribution is -2.38. The van der Waals surface area contributed by atoms with Crippen molar-refractivity contribution in [2.75, 3.05) is 5.32 Å². The Hall–Kier alpha value is -3.96. The fraction of sp³-hybridized carbons (Fsp3) is 0.435. The summed E-state index contributed by atoms with van der Waals surface area (Å²) in [6.45, 7) is 1.96. The van der Waals surface area contributed by atoms with Crippen molar-refractivity contribution >= 4 is 23.2 Å². The van der Waals surface area contributed by atoms with Crippen molar-refractivity contribution in [3.8, 4) is 11.3 Å².